The SMILES string of the molecule is C=NC(=NC(C)=O)SC.C=Nc1nc(C)nc2c(-c3ccc(Cl)cc3Cl)cc(C#N)n12.N#Cc1cc(-c2ccc(Cl)cc2Cl)c(N)[nH]1. The Bertz CT molecular complexity index is 2110. The van der Waals surface area contributed by atoms with Crippen LogP contribution in [0.2, 0.25) is 20.1 Å². The number of rotatable bonds is 3. The Balaban J connectivity index is 0.000000211. The Hall–Kier alpha value is -4.69. The van der Waals surface area contributed by atoms with E-state index in [9.17, 15) is 10.1 Å². The van der Waals surface area contributed by atoms with Gasteiger partial charge in [0.25, 0.3) is 0 Å². The number of halogens is 4. The summed E-state index contributed by atoms with van der Waals surface area (Å²) in [5, 5.41) is 20.6. The fraction of sp³-hybridized carbons (Fsp3) is 0.0968. The highest BCUT2D eigenvalue weighted by Crippen LogP contribution is 2.36. The van der Waals surface area contributed by atoms with Gasteiger partial charge in [0.05, 0.1) is 10.0 Å². The lowest BCUT2D eigenvalue weighted by Crippen LogP contribution is -1.98. The first-order valence-corrected chi connectivity index (χ1v) is 15.8. The number of benzene rings is 2. The summed E-state index contributed by atoms with van der Waals surface area (Å²) in [6, 6.07) is 17.8. The molecule has 0 saturated carbocycles. The average Bonchev–Trinajstić information content (AvgIpc) is 3.59. The zero-order chi connectivity index (χ0) is 34.8. The van der Waals surface area contributed by atoms with Crippen molar-refractivity contribution in [2.75, 3.05) is 12.0 Å². The molecular formula is C31H24Cl4N10OS. The fourth-order valence-electron chi connectivity index (χ4n) is 4.02. The van der Waals surface area contributed by atoms with Crippen molar-refractivity contribution in [3.63, 3.8) is 0 Å². The highest BCUT2D eigenvalue weighted by atomic mass is 35.5. The summed E-state index contributed by atoms with van der Waals surface area (Å²) in [6.07, 6.45) is 1.79. The number of nitrogens with one attached hydrogen (secondary N) is 1. The predicted molar refractivity (Wildman–Crippen MR) is 194 cm³/mol. The first-order valence-electron chi connectivity index (χ1n) is 13.0. The number of carbonyl (C=O) groups excluding carboxylic acids is 1. The Kier molecular flexibility index (Phi) is 13.1. The number of nitrogens with two attached hydrogens (primary N) is 1. The van der Waals surface area contributed by atoms with Crippen LogP contribution in [0.15, 0.2) is 63.5 Å². The van der Waals surface area contributed by atoms with Gasteiger partial charge < -0.3 is 10.7 Å². The van der Waals surface area contributed by atoms with Gasteiger partial charge in [0, 0.05) is 39.2 Å². The Morgan fingerprint density at radius 3 is 1.96 bits per heavy atom. The largest absolute Gasteiger partial charge is 0.385 e. The lowest BCUT2D eigenvalue weighted by atomic mass is 10.1. The summed E-state index contributed by atoms with van der Waals surface area (Å²) < 4.78 is 1.56. The normalized spacial score (nSPS) is 10.5. The molecule has 3 N–H and O–H groups in total. The number of nitrogen functional groups attached to an aromatic ring is 1. The number of aliphatic imine (C=N–C) groups is 3. The molecule has 11 nitrogen and oxygen atoms in total. The number of nitriles is 2. The van der Waals surface area contributed by atoms with Crippen LogP contribution in [0.5, 0.6) is 0 Å². The zero-order valence-corrected chi connectivity index (χ0v) is 28.9. The number of aromatic amines is 1. The van der Waals surface area contributed by atoms with Gasteiger partial charge in [-0.15, -0.1) is 0 Å². The molecule has 1 amide bonds. The molecule has 47 heavy (non-hydrogen) atoms. The van der Waals surface area contributed by atoms with Gasteiger partial charge in [0.15, 0.2) is 10.8 Å². The van der Waals surface area contributed by atoms with E-state index in [1.165, 1.54) is 18.7 Å². The molecule has 5 rings (SSSR count). The first kappa shape index (κ1) is 36.8. The van der Waals surface area contributed by atoms with Gasteiger partial charge in [-0.1, -0.05) is 70.3 Å². The number of H-pyrrole nitrogens is 1. The van der Waals surface area contributed by atoms with E-state index in [1.54, 1.807) is 66.1 Å². The topological polar surface area (TPSA) is 174 Å². The van der Waals surface area contributed by atoms with Crippen molar-refractivity contribution in [3.8, 4) is 34.4 Å². The molecule has 0 spiro atoms. The molecule has 3 heterocycles. The standard InChI is InChI=1S/C15H9Cl2N5.C11H7Cl2N3.C5H8N2OS/c1-8-20-14-12(11-4-3-9(16)5-13(11)17)6-10(7-18)22(14)15(19-2)21-8;12-6-1-2-8(10(13)3-6)9-4-7(5-14)16-11(9)15;1-4(8)7-5(6-2)9-3/h3-6H,2H2,1H3;1-4,16H,15H2;2H2,1,3H3. The number of hydrogen-bond donors (Lipinski definition) is 2. The summed E-state index contributed by atoms with van der Waals surface area (Å²) in [4.78, 5) is 32.5. The number of hydrogen-bond acceptors (Lipinski definition) is 8. The minimum atomic E-state index is -0.244. The van der Waals surface area contributed by atoms with E-state index in [0.717, 1.165) is 11.1 Å². The minimum Gasteiger partial charge on any atom is -0.385 e. The van der Waals surface area contributed by atoms with E-state index < -0.39 is 0 Å². The van der Waals surface area contributed by atoms with Crippen LogP contribution >= 0.6 is 58.2 Å². The lowest BCUT2D eigenvalue weighted by molar-refractivity contribution is -0.115. The second-order valence-electron chi connectivity index (χ2n) is 9.09. The second-order valence-corrected chi connectivity index (χ2v) is 11.5. The van der Waals surface area contributed by atoms with E-state index in [4.69, 9.17) is 57.4 Å². The molecule has 0 aliphatic carbocycles. The third-order valence-electron chi connectivity index (χ3n) is 5.94. The number of nitrogens with zero attached hydrogens (tertiary/aromatic N) is 8. The van der Waals surface area contributed by atoms with Gasteiger partial charge in [-0.05, 0) is 63.0 Å². The van der Waals surface area contributed by atoms with Crippen LogP contribution < -0.4 is 5.73 Å². The lowest BCUT2D eigenvalue weighted by Gasteiger charge is -2.05. The molecule has 0 bridgehead atoms. The molecular weight excluding hydrogens is 702 g/mol. The number of amides is 1. The van der Waals surface area contributed by atoms with Crippen molar-refractivity contribution in [1.82, 2.24) is 19.4 Å². The number of aryl methyl sites for hydroxylation is 1. The molecule has 0 saturated heterocycles. The number of anilines is 1. The van der Waals surface area contributed by atoms with Crippen LogP contribution in [0.3, 0.4) is 0 Å². The zero-order valence-electron chi connectivity index (χ0n) is 25.0. The number of thioether (sulfide) groups is 1. The molecule has 16 heteroatoms. The predicted octanol–water partition coefficient (Wildman–Crippen LogP) is 8.61. The molecule has 0 aliphatic rings. The summed E-state index contributed by atoms with van der Waals surface area (Å²) in [5.74, 6) is 1.02. The van der Waals surface area contributed by atoms with Crippen LogP contribution in [-0.4, -0.2) is 50.1 Å². The van der Waals surface area contributed by atoms with E-state index in [-0.39, 0.29) is 5.91 Å². The van der Waals surface area contributed by atoms with Crippen molar-refractivity contribution >= 4 is 100 Å². The quantitative estimate of drug-likeness (QED) is 0.138. The van der Waals surface area contributed by atoms with Crippen molar-refractivity contribution in [2.45, 2.75) is 13.8 Å². The summed E-state index contributed by atoms with van der Waals surface area (Å²) >= 11 is 25.4. The van der Waals surface area contributed by atoms with Crippen molar-refractivity contribution in [2.24, 2.45) is 15.0 Å². The summed E-state index contributed by atoms with van der Waals surface area (Å²) in [6.45, 7) is 9.85. The van der Waals surface area contributed by atoms with Gasteiger partial charge in [-0.25, -0.2) is 15.0 Å². The highest BCUT2D eigenvalue weighted by molar-refractivity contribution is 8.13. The number of carbonyl (C=O) groups is 1. The fourth-order valence-corrected chi connectivity index (χ4v) is 5.39. The number of fused-ring (bicyclic) bond motifs is 1. The Morgan fingerprint density at radius 1 is 0.936 bits per heavy atom. The van der Waals surface area contributed by atoms with Gasteiger partial charge in [0.1, 0.15) is 35.2 Å². The van der Waals surface area contributed by atoms with E-state index >= 15 is 0 Å². The molecule has 0 fully saturated rings. The van der Waals surface area contributed by atoms with Crippen LogP contribution in [0.25, 0.3) is 27.9 Å². The van der Waals surface area contributed by atoms with Gasteiger partial charge in [-0.2, -0.15) is 20.5 Å². The third-order valence-corrected chi connectivity index (χ3v) is 7.62. The van der Waals surface area contributed by atoms with Crippen LogP contribution in [0.1, 0.15) is 24.1 Å². The van der Waals surface area contributed by atoms with Crippen LogP contribution in [-0.2, 0) is 4.79 Å². The minimum absolute atomic E-state index is 0.244. The smallest absolute Gasteiger partial charge is 0.245 e. The van der Waals surface area contributed by atoms with E-state index in [0.29, 0.717) is 71.0 Å². The van der Waals surface area contributed by atoms with Crippen LogP contribution in [0, 0.1) is 29.6 Å². The molecule has 2 aromatic carbocycles. The first-order chi connectivity index (χ1) is 22.4. The van der Waals surface area contributed by atoms with Crippen molar-refractivity contribution in [3.05, 3.63) is 85.8 Å². The monoisotopic (exact) mass is 724 g/mol. The maximum Gasteiger partial charge on any atom is 0.245 e. The molecule has 5 aromatic rings. The molecule has 0 atom stereocenters. The van der Waals surface area contributed by atoms with Gasteiger partial charge >= 0.3 is 0 Å². The Morgan fingerprint density at radius 2 is 1.53 bits per heavy atom. The number of amidine groups is 1. The van der Waals surface area contributed by atoms with E-state index in [1.807, 2.05) is 6.07 Å². The van der Waals surface area contributed by atoms with Crippen LogP contribution in [0.4, 0.5) is 11.8 Å². The maximum absolute atomic E-state index is 10.3. The summed E-state index contributed by atoms with van der Waals surface area (Å²) in [5.41, 5.74) is 9.98. The van der Waals surface area contributed by atoms with Crippen molar-refractivity contribution < 1.29 is 4.79 Å². The summed E-state index contributed by atoms with van der Waals surface area (Å²) in [7, 11) is 0. The molecule has 0 radical (unpaired) electrons. The van der Waals surface area contributed by atoms with Gasteiger partial charge in [-0.3, -0.25) is 9.20 Å². The van der Waals surface area contributed by atoms with Crippen molar-refractivity contribution in [1.29, 1.82) is 10.5 Å². The molecule has 0 unspecified atom stereocenters. The maximum atomic E-state index is 10.3. The molecule has 238 valence electrons. The second kappa shape index (κ2) is 16.7. The highest BCUT2D eigenvalue weighted by Gasteiger charge is 2.18. The average molecular weight is 726 g/mol. The molecule has 0 aliphatic heterocycles. The Labute approximate surface area is 294 Å². The third kappa shape index (κ3) is 9.20. The molecule has 3 aromatic heterocycles. The number of aromatic nitrogens is 4. The van der Waals surface area contributed by atoms with E-state index in [2.05, 4.69) is 49.4 Å². The van der Waals surface area contributed by atoms with Gasteiger partial charge in [0.2, 0.25) is 11.9 Å².